The zero-order valence-electron chi connectivity index (χ0n) is 15.3. The fourth-order valence-corrected chi connectivity index (χ4v) is 3.60. The molecule has 0 spiro atoms. The molecule has 1 unspecified atom stereocenters. The van der Waals surface area contributed by atoms with Gasteiger partial charge in [-0.15, -0.1) is 24.0 Å². The van der Waals surface area contributed by atoms with Gasteiger partial charge in [0.1, 0.15) is 5.82 Å². The van der Waals surface area contributed by atoms with Gasteiger partial charge in [0, 0.05) is 59.0 Å². The van der Waals surface area contributed by atoms with Crippen molar-refractivity contribution in [3.63, 3.8) is 0 Å². The Morgan fingerprint density at radius 3 is 2.88 bits per heavy atom. The highest BCUT2D eigenvalue weighted by atomic mass is 127. The lowest BCUT2D eigenvalue weighted by molar-refractivity contribution is 0.157. The van der Waals surface area contributed by atoms with Gasteiger partial charge in [0.05, 0.1) is 6.61 Å². The first-order valence-corrected chi connectivity index (χ1v) is 8.94. The summed E-state index contributed by atoms with van der Waals surface area (Å²) in [5.41, 5.74) is 1.25. The second-order valence-corrected chi connectivity index (χ2v) is 6.67. The number of methoxy groups -OCH3 is 1. The monoisotopic (exact) mass is 459 g/mol. The maximum absolute atomic E-state index is 5.28. The third-order valence-electron chi connectivity index (χ3n) is 4.89. The van der Waals surface area contributed by atoms with Gasteiger partial charge in [-0.25, -0.2) is 4.98 Å². The molecule has 2 saturated heterocycles. The van der Waals surface area contributed by atoms with Crippen molar-refractivity contribution in [2.75, 3.05) is 51.8 Å². The predicted octanol–water partition coefficient (Wildman–Crippen LogP) is 2.34. The lowest BCUT2D eigenvalue weighted by Crippen LogP contribution is -2.39. The zero-order chi connectivity index (χ0) is 16.8. The maximum Gasteiger partial charge on any atom is 0.193 e. The molecule has 2 aliphatic heterocycles. The van der Waals surface area contributed by atoms with Crippen LogP contribution >= 0.6 is 24.0 Å². The molecule has 3 heterocycles. The van der Waals surface area contributed by atoms with E-state index in [1.165, 1.54) is 24.8 Å². The van der Waals surface area contributed by atoms with E-state index >= 15 is 0 Å². The summed E-state index contributed by atoms with van der Waals surface area (Å²) >= 11 is 0. The molecular weight excluding hydrogens is 429 g/mol. The normalized spacial score (nSPS) is 20.7. The van der Waals surface area contributed by atoms with Gasteiger partial charge < -0.3 is 19.9 Å². The number of nitrogens with zero attached hydrogens (tertiary/aromatic N) is 4. The zero-order valence-corrected chi connectivity index (χ0v) is 17.6. The topological polar surface area (TPSA) is 53.0 Å². The first kappa shape index (κ1) is 20.2. The molecule has 2 fully saturated rings. The largest absolute Gasteiger partial charge is 0.384 e. The summed E-state index contributed by atoms with van der Waals surface area (Å²) in [4.78, 5) is 13.7. The van der Waals surface area contributed by atoms with Crippen molar-refractivity contribution in [2.45, 2.75) is 25.8 Å². The van der Waals surface area contributed by atoms with E-state index in [0.29, 0.717) is 5.92 Å². The van der Waals surface area contributed by atoms with E-state index < -0.39 is 0 Å². The predicted molar refractivity (Wildman–Crippen MR) is 113 cm³/mol. The number of halogens is 1. The van der Waals surface area contributed by atoms with Crippen molar-refractivity contribution in [3.8, 4) is 0 Å². The van der Waals surface area contributed by atoms with Crippen LogP contribution in [-0.2, 0) is 11.3 Å². The summed E-state index contributed by atoms with van der Waals surface area (Å²) < 4.78 is 5.28. The van der Waals surface area contributed by atoms with Gasteiger partial charge in [-0.1, -0.05) is 0 Å². The number of pyridine rings is 1. The standard InChI is InChI=1S/C18H29N5O.HI/c1-19-18(23-10-6-16(13-23)14-24-2)21-12-15-5-7-20-17(11-15)22-8-3-4-9-22;/h5,7,11,16H,3-4,6,8-10,12-14H2,1-2H3,(H,19,21);1H. The highest BCUT2D eigenvalue weighted by molar-refractivity contribution is 14.0. The lowest BCUT2D eigenvalue weighted by atomic mass is 10.1. The molecule has 140 valence electrons. The summed E-state index contributed by atoms with van der Waals surface area (Å²) in [5.74, 6) is 2.69. The van der Waals surface area contributed by atoms with Crippen LogP contribution in [0.3, 0.4) is 0 Å². The summed E-state index contributed by atoms with van der Waals surface area (Å²) in [5, 5.41) is 3.50. The van der Waals surface area contributed by atoms with E-state index in [0.717, 1.165) is 51.1 Å². The number of ether oxygens (including phenoxy) is 1. The SMILES string of the molecule is CN=C(NCc1ccnc(N2CCCC2)c1)N1CCC(COC)C1.I. The number of likely N-dealkylation sites (tertiary alicyclic amines) is 1. The summed E-state index contributed by atoms with van der Waals surface area (Å²) in [6.07, 6.45) is 5.63. The number of nitrogens with one attached hydrogen (secondary N) is 1. The van der Waals surface area contributed by atoms with Crippen LogP contribution in [0.2, 0.25) is 0 Å². The highest BCUT2D eigenvalue weighted by Gasteiger charge is 2.24. The van der Waals surface area contributed by atoms with E-state index in [1.807, 2.05) is 13.2 Å². The number of hydrogen-bond donors (Lipinski definition) is 1. The van der Waals surface area contributed by atoms with E-state index in [-0.39, 0.29) is 24.0 Å². The van der Waals surface area contributed by atoms with Crippen LogP contribution in [0.1, 0.15) is 24.8 Å². The Kier molecular flexibility index (Phi) is 8.21. The Morgan fingerprint density at radius 1 is 1.36 bits per heavy atom. The summed E-state index contributed by atoms with van der Waals surface area (Å²) in [7, 11) is 3.63. The molecule has 7 heteroatoms. The Labute approximate surface area is 168 Å². The summed E-state index contributed by atoms with van der Waals surface area (Å²) in [6.45, 7) is 5.92. The van der Waals surface area contributed by atoms with Crippen LogP contribution in [0.5, 0.6) is 0 Å². The van der Waals surface area contributed by atoms with Crippen molar-refractivity contribution in [1.29, 1.82) is 0 Å². The fraction of sp³-hybridized carbons (Fsp3) is 0.667. The minimum atomic E-state index is 0. The second-order valence-electron chi connectivity index (χ2n) is 6.67. The minimum Gasteiger partial charge on any atom is -0.384 e. The first-order valence-electron chi connectivity index (χ1n) is 8.94. The van der Waals surface area contributed by atoms with Crippen LogP contribution < -0.4 is 10.2 Å². The van der Waals surface area contributed by atoms with E-state index in [4.69, 9.17) is 4.74 Å². The summed E-state index contributed by atoms with van der Waals surface area (Å²) in [6, 6.07) is 4.28. The average molecular weight is 459 g/mol. The smallest absolute Gasteiger partial charge is 0.193 e. The van der Waals surface area contributed by atoms with Crippen LogP contribution in [0.25, 0.3) is 0 Å². The molecule has 0 aromatic carbocycles. The number of hydrogen-bond acceptors (Lipinski definition) is 4. The Hall–Kier alpha value is -1.09. The molecule has 0 amide bonds. The van der Waals surface area contributed by atoms with Crippen molar-refractivity contribution < 1.29 is 4.74 Å². The molecule has 0 saturated carbocycles. The molecule has 1 aromatic heterocycles. The van der Waals surface area contributed by atoms with Crippen molar-refractivity contribution in [3.05, 3.63) is 23.9 Å². The van der Waals surface area contributed by atoms with Crippen molar-refractivity contribution in [2.24, 2.45) is 10.9 Å². The Morgan fingerprint density at radius 2 is 2.16 bits per heavy atom. The molecule has 6 nitrogen and oxygen atoms in total. The Bertz CT molecular complexity index is 562. The van der Waals surface area contributed by atoms with Crippen LogP contribution in [-0.4, -0.2) is 62.8 Å². The fourth-order valence-electron chi connectivity index (χ4n) is 3.60. The molecule has 0 aliphatic carbocycles. The molecule has 0 radical (unpaired) electrons. The van der Waals surface area contributed by atoms with Gasteiger partial charge in [-0.05, 0) is 37.0 Å². The van der Waals surface area contributed by atoms with Gasteiger partial charge in [0.25, 0.3) is 0 Å². The molecule has 25 heavy (non-hydrogen) atoms. The van der Waals surface area contributed by atoms with Gasteiger partial charge in [-0.3, -0.25) is 4.99 Å². The number of anilines is 1. The second kappa shape index (κ2) is 10.2. The van der Waals surface area contributed by atoms with E-state index in [1.54, 1.807) is 7.11 Å². The molecule has 1 N–H and O–H groups in total. The van der Waals surface area contributed by atoms with E-state index in [9.17, 15) is 0 Å². The Balaban J connectivity index is 0.00000225. The van der Waals surface area contributed by atoms with Gasteiger partial charge in [-0.2, -0.15) is 0 Å². The van der Waals surface area contributed by atoms with Crippen LogP contribution in [0, 0.1) is 5.92 Å². The highest BCUT2D eigenvalue weighted by Crippen LogP contribution is 2.19. The molecular formula is C18H30IN5O. The minimum absolute atomic E-state index is 0. The molecule has 0 bridgehead atoms. The van der Waals surface area contributed by atoms with Crippen LogP contribution in [0.15, 0.2) is 23.3 Å². The average Bonchev–Trinajstić information content (AvgIpc) is 3.28. The third kappa shape index (κ3) is 5.44. The number of guanidine groups is 1. The number of rotatable bonds is 5. The van der Waals surface area contributed by atoms with Gasteiger partial charge in [0.15, 0.2) is 5.96 Å². The number of aromatic nitrogens is 1. The first-order chi connectivity index (χ1) is 11.8. The number of aliphatic imine (C=N–C) groups is 1. The molecule has 3 rings (SSSR count). The third-order valence-corrected chi connectivity index (χ3v) is 4.89. The maximum atomic E-state index is 5.28. The lowest BCUT2D eigenvalue weighted by Gasteiger charge is -2.22. The molecule has 1 aromatic rings. The molecule has 1 atom stereocenters. The van der Waals surface area contributed by atoms with Gasteiger partial charge >= 0.3 is 0 Å². The van der Waals surface area contributed by atoms with Gasteiger partial charge in [0.2, 0.25) is 0 Å². The van der Waals surface area contributed by atoms with E-state index in [2.05, 4.69) is 37.2 Å². The van der Waals surface area contributed by atoms with Crippen molar-refractivity contribution >= 4 is 35.8 Å². The van der Waals surface area contributed by atoms with Crippen LogP contribution in [0.4, 0.5) is 5.82 Å². The molecule has 2 aliphatic rings. The van der Waals surface area contributed by atoms with Crippen molar-refractivity contribution in [1.82, 2.24) is 15.2 Å². The quantitative estimate of drug-likeness (QED) is 0.416.